The molecule has 1 heterocycles. The standard InChI is InChI=1S/C9H14INO2S/c1-11-5-8-4-7(8)2-3-9(6-11)14(10,12)13/h3,7-8H,2,4-6H2,1H3. The SMILES string of the molecule is CN1CC(S(=O)(=O)I)=CCC2CC2C1. The van der Waals surface area contributed by atoms with Crippen LogP contribution in [0.5, 0.6) is 0 Å². The van der Waals surface area contributed by atoms with Gasteiger partial charge in [-0.15, -0.1) is 0 Å². The van der Waals surface area contributed by atoms with Gasteiger partial charge in [0.25, 0.3) is 0 Å². The van der Waals surface area contributed by atoms with Crippen LogP contribution in [0, 0.1) is 11.8 Å². The van der Waals surface area contributed by atoms with E-state index in [1.807, 2.05) is 13.1 Å². The summed E-state index contributed by atoms with van der Waals surface area (Å²) in [6, 6.07) is 0. The van der Waals surface area contributed by atoms with Crippen LogP contribution in [-0.4, -0.2) is 33.5 Å². The molecule has 0 aromatic rings. The maximum Gasteiger partial charge on any atom is 0.228 e. The summed E-state index contributed by atoms with van der Waals surface area (Å²) in [6.07, 6.45) is 4.15. The highest BCUT2D eigenvalue weighted by Gasteiger charge is 2.38. The molecule has 0 bridgehead atoms. The Labute approximate surface area is 97.1 Å². The molecule has 0 radical (unpaired) electrons. The Morgan fingerprint density at radius 2 is 2.21 bits per heavy atom. The van der Waals surface area contributed by atoms with Crippen LogP contribution in [0.1, 0.15) is 12.8 Å². The van der Waals surface area contributed by atoms with Crippen molar-refractivity contribution in [1.82, 2.24) is 4.90 Å². The number of allylic oxidation sites excluding steroid dienone is 1. The maximum absolute atomic E-state index is 11.4. The van der Waals surface area contributed by atoms with Gasteiger partial charge in [-0.3, -0.25) is 0 Å². The fourth-order valence-corrected chi connectivity index (χ4v) is 3.70. The molecule has 1 fully saturated rings. The number of fused-ring (bicyclic) bond motifs is 1. The van der Waals surface area contributed by atoms with Crippen molar-refractivity contribution in [3.05, 3.63) is 11.0 Å². The first-order valence-electron chi connectivity index (χ1n) is 4.79. The number of rotatable bonds is 1. The minimum absolute atomic E-state index is 0.578. The predicted octanol–water partition coefficient (Wildman–Crippen LogP) is 1.61. The Balaban J connectivity index is 2.19. The van der Waals surface area contributed by atoms with Crippen LogP contribution in [0.15, 0.2) is 11.0 Å². The summed E-state index contributed by atoms with van der Waals surface area (Å²) >= 11 is 1.53. The van der Waals surface area contributed by atoms with E-state index in [0.29, 0.717) is 11.4 Å². The first kappa shape index (κ1) is 10.9. The third kappa shape index (κ3) is 2.49. The molecule has 1 aliphatic heterocycles. The van der Waals surface area contributed by atoms with E-state index in [1.54, 1.807) is 0 Å². The van der Waals surface area contributed by atoms with E-state index in [2.05, 4.69) is 4.90 Å². The van der Waals surface area contributed by atoms with Gasteiger partial charge < -0.3 is 4.90 Å². The summed E-state index contributed by atoms with van der Waals surface area (Å²) in [5.41, 5.74) is 0. The van der Waals surface area contributed by atoms with Gasteiger partial charge in [0.1, 0.15) is 0 Å². The van der Waals surface area contributed by atoms with Gasteiger partial charge in [0.05, 0.1) is 26.1 Å². The van der Waals surface area contributed by atoms with Crippen LogP contribution in [-0.2, 0) is 7.01 Å². The molecule has 2 atom stereocenters. The lowest BCUT2D eigenvalue weighted by Gasteiger charge is -2.19. The van der Waals surface area contributed by atoms with Gasteiger partial charge in [-0.1, -0.05) is 6.08 Å². The Morgan fingerprint density at radius 3 is 2.86 bits per heavy atom. The Morgan fingerprint density at radius 1 is 1.50 bits per heavy atom. The molecule has 3 nitrogen and oxygen atoms in total. The fraction of sp³-hybridized carbons (Fsp3) is 0.778. The second-order valence-corrected chi connectivity index (χ2v) is 9.18. The molecule has 0 aromatic carbocycles. The van der Waals surface area contributed by atoms with Gasteiger partial charge in [-0.2, -0.15) is 0 Å². The smallest absolute Gasteiger partial charge is 0.228 e. The van der Waals surface area contributed by atoms with E-state index < -0.39 is 7.01 Å². The van der Waals surface area contributed by atoms with Crippen molar-refractivity contribution in [2.45, 2.75) is 12.8 Å². The first-order chi connectivity index (χ1) is 6.47. The summed E-state index contributed by atoms with van der Waals surface area (Å²) in [6.45, 7) is 1.63. The third-order valence-corrected chi connectivity index (χ3v) is 5.62. The molecule has 0 saturated heterocycles. The fourth-order valence-electron chi connectivity index (χ4n) is 2.08. The molecule has 1 saturated carbocycles. The monoisotopic (exact) mass is 327 g/mol. The topological polar surface area (TPSA) is 37.4 Å². The zero-order valence-electron chi connectivity index (χ0n) is 8.11. The second kappa shape index (κ2) is 3.75. The average molecular weight is 327 g/mol. The van der Waals surface area contributed by atoms with Gasteiger partial charge in [0.15, 0.2) is 0 Å². The molecule has 1 aliphatic carbocycles. The van der Waals surface area contributed by atoms with Crippen LogP contribution in [0.25, 0.3) is 0 Å². The van der Waals surface area contributed by atoms with Crippen LogP contribution >= 0.6 is 21.2 Å². The van der Waals surface area contributed by atoms with Crippen molar-refractivity contribution in [2.24, 2.45) is 11.8 Å². The Kier molecular flexibility index (Phi) is 2.92. The summed E-state index contributed by atoms with van der Waals surface area (Å²) < 4.78 is 22.8. The summed E-state index contributed by atoms with van der Waals surface area (Å²) in [7, 11) is -1.02. The largest absolute Gasteiger partial charge is 0.301 e. The third-order valence-electron chi connectivity index (χ3n) is 3.00. The van der Waals surface area contributed by atoms with Gasteiger partial charge in [0.2, 0.25) is 7.01 Å². The van der Waals surface area contributed by atoms with Crippen LogP contribution < -0.4 is 0 Å². The lowest BCUT2D eigenvalue weighted by Crippen LogP contribution is -2.26. The molecule has 2 rings (SSSR count). The van der Waals surface area contributed by atoms with Crippen molar-refractivity contribution >= 4 is 28.2 Å². The molecule has 0 aromatic heterocycles. The van der Waals surface area contributed by atoms with E-state index in [-0.39, 0.29) is 0 Å². The second-order valence-electron chi connectivity index (χ2n) is 4.30. The van der Waals surface area contributed by atoms with Gasteiger partial charge in [0, 0.05) is 13.1 Å². The number of likely N-dealkylation sites (N-methyl/N-ethyl adjacent to an activating group) is 1. The van der Waals surface area contributed by atoms with Crippen molar-refractivity contribution in [3.63, 3.8) is 0 Å². The molecule has 0 spiro atoms. The van der Waals surface area contributed by atoms with E-state index in [1.165, 1.54) is 27.6 Å². The Bertz CT molecular complexity index is 363. The predicted molar refractivity (Wildman–Crippen MR) is 64.7 cm³/mol. The molecule has 80 valence electrons. The molecular formula is C9H14INO2S. The highest BCUT2D eigenvalue weighted by molar-refractivity contribution is 14.2. The molecule has 2 unspecified atom stereocenters. The van der Waals surface area contributed by atoms with E-state index in [0.717, 1.165) is 24.8 Å². The van der Waals surface area contributed by atoms with Crippen molar-refractivity contribution in [3.8, 4) is 0 Å². The summed E-state index contributed by atoms with van der Waals surface area (Å²) in [5.74, 6) is 1.56. The molecule has 14 heavy (non-hydrogen) atoms. The number of nitrogens with zero attached hydrogens (tertiary/aromatic N) is 1. The van der Waals surface area contributed by atoms with Crippen molar-refractivity contribution < 1.29 is 8.42 Å². The highest BCUT2D eigenvalue weighted by Crippen LogP contribution is 2.43. The van der Waals surface area contributed by atoms with Gasteiger partial charge >= 0.3 is 0 Å². The Hall–Kier alpha value is 0.380. The minimum atomic E-state index is -3.01. The van der Waals surface area contributed by atoms with E-state index in [9.17, 15) is 8.42 Å². The lowest BCUT2D eigenvalue weighted by atomic mass is 10.2. The molecule has 0 N–H and O–H groups in total. The normalized spacial score (nSPS) is 34.0. The van der Waals surface area contributed by atoms with E-state index in [4.69, 9.17) is 0 Å². The maximum atomic E-state index is 11.4. The molecular weight excluding hydrogens is 313 g/mol. The quantitative estimate of drug-likeness (QED) is 0.542. The highest BCUT2D eigenvalue weighted by atomic mass is 127. The molecule has 5 heteroatoms. The lowest BCUT2D eigenvalue weighted by molar-refractivity contribution is 0.337. The number of hydrogen-bond donors (Lipinski definition) is 0. The zero-order chi connectivity index (χ0) is 10.3. The van der Waals surface area contributed by atoms with Gasteiger partial charge in [-0.05, 0) is 31.7 Å². The summed E-state index contributed by atoms with van der Waals surface area (Å²) in [4.78, 5) is 2.71. The van der Waals surface area contributed by atoms with Gasteiger partial charge in [-0.25, -0.2) is 8.42 Å². The first-order valence-corrected chi connectivity index (χ1v) is 8.81. The summed E-state index contributed by atoms with van der Waals surface area (Å²) in [5, 5.41) is 0. The number of hydrogen-bond acceptors (Lipinski definition) is 3. The minimum Gasteiger partial charge on any atom is -0.301 e. The molecule has 2 aliphatic rings. The van der Waals surface area contributed by atoms with Crippen LogP contribution in [0.3, 0.4) is 0 Å². The van der Waals surface area contributed by atoms with Crippen molar-refractivity contribution in [2.75, 3.05) is 20.1 Å². The zero-order valence-corrected chi connectivity index (χ0v) is 11.1. The molecule has 0 amide bonds. The van der Waals surface area contributed by atoms with Crippen LogP contribution in [0.2, 0.25) is 0 Å². The van der Waals surface area contributed by atoms with Crippen molar-refractivity contribution in [1.29, 1.82) is 0 Å². The average Bonchev–Trinajstić information content (AvgIpc) is 2.69. The van der Waals surface area contributed by atoms with E-state index >= 15 is 0 Å². The number of halogens is 1. The van der Waals surface area contributed by atoms with Crippen LogP contribution in [0.4, 0.5) is 0 Å².